The summed E-state index contributed by atoms with van der Waals surface area (Å²) in [5.74, 6) is 2.25. The van der Waals surface area contributed by atoms with E-state index in [1.54, 1.807) is 12.3 Å². The number of fused-ring (bicyclic) bond motifs is 1. The summed E-state index contributed by atoms with van der Waals surface area (Å²) in [5, 5.41) is 7.17. The molecule has 33 heavy (non-hydrogen) atoms. The van der Waals surface area contributed by atoms with Gasteiger partial charge in [0.2, 0.25) is 0 Å². The topological polar surface area (TPSA) is 63.5 Å². The first kappa shape index (κ1) is 21.4. The zero-order valence-corrected chi connectivity index (χ0v) is 20.1. The quantitative estimate of drug-likeness (QED) is 0.655. The van der Waals surface area contributed by atoms with Crippen molar-refractivity contribution in [2.24, 2.45) is 10.9 Å². The highest BCUT2D eigenvalue weighted by Crippen LogP contribution is 2.65. The van der Waals surface area contributed by atoms with E-state index in [2.05, 4.69) is 36.0 Å². The monoisotopic (exact) mass is 471 g/mol. The zero-order chi connectivity index (χ0) is 22.9. The average molecular weight is 472 g/mol. The van der Waals surface area contributed by atoms with Crippen LogP contribution in [0.2, 0.25) is 0 Å². The third-order valence-corrected chi connectivity index (χ3v) is 8.12. The van der Waals surface area contributed by atoms with Crippen molar-refractivity contribution < 1.29 is 9.13 Å². The number of imidazole rings is 1. The van der Waals surface area contributed by atoms with E-state index in [-0.39, 0.29) is 29.4 Å². The molecule has 3 saturated carbocycles. The molecule has 0 amide bonds. The molecule has 1 aromatic carbocycles. The fourth-order valence-corrected chi connectivity index (χ4v) is 6.29. The van der Waals surface area contributed by atoms with E-state index in [0.717, 1.165) is 42.3 Å². The molecular weight excluding hydrogens is 441 g/mol. The average Bonchev–Trinajstić information content (AvgIpc) is 3.07. The van der Waals surface area contributed by atoms with Crippen LogP contribution in [-0.4, -0.2) is 34.3 Å². The molecule has 2 aromatic rings. The van der Waals surface area contributed by atoms with E-state index in [1.807, 2.05) is 6.07 Å². The van der Waals surface area contributed by atoms with Crippen molar-refractivity contribution in [2.75, 3.05) is 6.61 Å². The molecule has 6 nitrogen and oxygen atoms in total. The summed E-state index contributed by atoms with van der Waals surface area (Å²) >= 11 is 6.57. The molecule has 8 heteroatoms. The molecule has 3 atom stereocenters. The second-order valence-corrected chi connectivity index (χ2v) is 11.1. The summed E-state index contributed by atoms with van der Waals surface area (Å²) in [5.41, 5.74) is 2.20. The number of ether oxygens (including phenoxy) is 1. The minimum Gasteiger partial charge on any atom is -0.378 e. The molecule has 0 spiro atoms. The van der Waals surface area contributed by atoms with Gasteiger partial charge in [0.25, 0.3) is 0 Å². The maximum absolute atomic E-state index is 15.4. The smallest absolute Gasteiger partial charge is 0.196 e. The predicted octanol–water partition coefficient (Wildman–Crippen LogP) is 5.05. The van der Waals surface area contributed by atoms with Crippen LogP contribution in [0.4, 0.5) is 4.39 Å². The summed E-state index contributed by atoms with van der Waals surface area (Å²) in [6.45, 7) is 7.11. The standard InChI is InChI=1S/C25H31ClFN5O/c1-13(2)32-20-8-16(7-19(27)22(20)30-23(32)25-9-15(10-25)11-25)21-18(26)12-28-24(31-21)29-17-4-5-33-14(3)6-17/h7-8,12-15,17,21H,4-6,9-11H2,1-3H3,(H2,28,29,31). The maximum Gasteiger partial charge on any atom is 0.196 e. The highest BCUT2D eigenvalue weighted by molar-refractivity contribution is 6.30. The number of halogens is 2. The van der Waals surface area contributed by atoms with Gasteiger partial charge in [-0.3, -0.25) is 0 Å². The summed E-state index contributed by atoms with van der Waals surface area (Å²) in [6, 6.07) is 3.60. The molecule has 1 aromatic heterocycles. The fourth-order valence-electron chi connectivity index (χ4n) is 6.06. The van der Waals surface area contributed by atoms with Crippen LogP contribution >= 0.6 is 11.6 Å². The Kier molecular flexibility index (Phi) is 5.00. The molecule has 2 aliphatic heterocycles. The van der Waals surface area contributed by atoms with Crippen molar-refractivity contribution in [2.45, 2.75) is 82.5 Å². The predicted molar refractivity (Wildman–Crippen MR) is 128 cm³/mol. The molecule has 3 heterocycles. The largest absolute Gasteiger partial charge is 0.378 e. The number of guanidine groups is 1. The molecule has 3 aliphatic carbocycles. The highest BCUT2D eigenvalue weighted by Gasteiger charge is 2.60. The fraction of sp³-hybridized carbons (Fsp3) is 0.600. The van der Waals surface area contributed by atoms with E-state index in [4.69, 9.17) is 26.3 Å². The Morgan fingerprint density at radius 1 is 1.30 bits per heavy atom. The molecule has 7 rings (SSSR count). The van der Waals surface area contributed by atoms with E-state index < -0.39 is 6.04 Å². The Morgan fingerprint density at radius 2 is 2.09 bits per heavy atom. The Bertz CT molecular complexity index is 1150. The third-order valence-electron chi connectivity index (χ3n) is 7.81. The summed E-state index contributed by atoms with van der Waals surface area (Å²) in [7, 11) is 0. The van der Waals surface area contributed by atoms with Crippen molar-refractivity contribution in [3.63, 3.8) is 0 Å². The van der Waals surface area contributed by atoms with Gasteiger partial charge < -0.3 is 19.9 Å². The lowest BCUT2D eigenvalue weighted by molar-refractivity contribution is -0.0374. The van der Waals surface area contributed by atoms with Crippen LogP contribution in [0.1, 0.15) is 76.3 Å². The number of aromatic nitrogens is 2. The van der Waals surface area contributed by atoms with Crippen molar-refractivity contribution in [1.82, 2.24) is 20.2 Å². The van der Waals surface area contributed by atoms with Gasteiger partial charge in [-0.05, 0) is 76.5 Å². The van der Waals surface area contributed by atoms with Crippen LogP contribution in [0.25, 0.3) is 11.0 Å². The molecule has 5 aliphatic rings. The van der Waals surface area contributed by atoms with E-state index in [1.165, 1.54) is 19.3 Å². The Morgan fingerprint density at radius 3 is 2.76 bits per heavy atom. The lowest BCUT2D eigenvalue weighted by Crippen LogP contribution is -2.56. The van der Waals surface area contributed by atoms with Gasteiger partial charge in [-0.1, -0.05) is 11.6 Å². The number of nitrogens with zero attached hydrogens (tertiary/aromatic N) is 3. The van der Waals surface area contributed by atoms with Gasteiger partial charge in [-0.15, -0.1) is 0 Å². The highest BCUT2D eigenvalue weighted by atomic mass is 35.5. The summed E-state index contributed by atoms with van der Waals surface area (Å²) < 4.78 is 23.3. The number of hydrogen-bond acceptors (Lipinski definition) is 5. The van der Waals surface area contributed by atoms with Crippen LogP contribution < -0.4 is 10.6 Å². The minimum absolute atomic E-state index is 0.156. The normalized spacial score (nSPS) is 33.2. The maximum atomic E-state index is 15.4. The molecule has 176 valence electrons. The number of nitrogens with one attached hydrogen (secondary N) is 2. The first-order valence-corrected chi connectivity index (χ1v) is 12.5. The van der Waals surface area contributed by atoms with Gasteiger partial charge in [0.05, 0.1) is 16.7 Å². The molecule has 2 N–H and O–H groups in total. The minimum atomic E-state index is -0.458. The lowest BCUT2D eigenvalue weighted by Gasteiger charge is -2.61. The molecule has 2 bridgehead atoms. The van der Waals surface area contributed by atoms with Gasteiger partial charge in [0.15, 0.2) is 11.8 Å². The van der Waals surface area contributed by atoms with Crippen molar-refractivity contribution in [3.8, 4) is 0 Å². The van der Waals surface area contributed by atoms with Crippen molar-refractivity contribution >= 4 is 28.6 Å². The second kappa shape index (κ2) is 7.70. The van der Waals surface area contributed by atoms with Crippen molar-refractivity contribution in [1.29, 1.82) is 0 Å². The zero-order valence-electron chi connectivity index (χ0n) is 19.4. The van der Waals surface area contributed by atoms with Crippen LogP contribution in [0.5, 0.6) is 0 Å². The number of rotatable bonds is 4. The molecule has 1 saturated heterocycles. The van der Waals surface area contributed by atoms with E-state index in [9.17, 15) is 0 Å². The van der Waals surface area contributed by atoms with Crippen LogP contribution in [0.15, 0.2) is 28.4 Å². The van der Waals surface area contributed by atoms with Crippen LogP contribution in [0, 0.1) is 11.7 Å². The SMILES string of the molecule is CC1CC(NC2=NC(c3cc(F)c4nc(C56CC(C5)C6)n(C(C)C)c4c3)C(Cl)=CN2)CCO1. The van der Waals surface area contributed by atoms with Gasteiger partial charge in [0.1, 0.15) is 17.4 Å². The number of benzene rings is 1. The first-order valence-electron chi connectivity index (χ1n) is 12.1. The second-order valence-electron chi connectivity index (χ2n) is 10.6. The number of hydrogen-bond donors (Lipinski definition) is 2. The van der Waals surface area contributed by atoms with Gasteiger partial charge in [0, 0.05) is 30.3 Å². The molecule has 0 radical (unpaired) electrons. The Labute approximate surface area is 198 Å². The molecular formula is C25H31ClFN5O. The summed E-state index contributed by atoms with van der Waals surface area (Å²) in [6.07, 6.45) is 7.37. The molecule has 4 fully saturated rings. The lowest BCUT2D eigenvalue weighted by atomic mass is 9.44. The Hall–Kier alpha value is -2.12. The van der Waals surface area contributed by atoms with Gasteiger partial charge in [-0.2, -0.15) is 0 Å². The first-order chi connectivity index (χ1) is 15.8. The third kappa shape index (κ3) is 3.46. The van der Waals surface area contributed by atoms with Crippen LogP contribution in [-0.2, 0) is 10.2 Å². The van der Waals surface area contributed by atoms with E-state index >= 15 is 4.39 Å². The van der Waals surface area contributed by atoms with Crippen molar-refractivity contribution in [3.05, 3.63) is 40.6 Å². The number of aliphatic imine (C=N–C) groups is 1. The molecule has 3 unspecified atom stereocenters. The summed E-state index contributed by atoms with van der Waals surface area (Å²) in [4.78, 5) is 9.66. The van der Waals surface area contributed by atoms with Gasteiger partial charge in [-0.25, -0.2) is 14.4 Å². The Balaban J connectivity index is 1.36. The van der Waals surface area contributed by atoms with Gasteiger partial charge >= 0.3 is 0 Å². The van der Waals surface area contributed by atoms with Crippen LogP contribution in [0.3, 0.4) is 0 Å². The van der Waals surface area contributed by atoms with E-state index in [0.29, 0.717) is 16.5 Å².